The molecule has 1 fully saturated rings. The van der Waals surface area contributed by atoms with Crippen LogP contribution in [0.4, 0.5) is 11.6 Å². The predicted octanol–water partition coefficient (Wildman–Crippen LogP) is 2.81. The van der Waals surface area contributed by atoms with Crippen molar-refractivity contribution in [2.24, 2.45) is 5.92 Å². The lowest BCUT2D eigenvalue weighted by Gasteiger charge is -2.34. The first-order chi connectivity index (χ1) is 13.1. The van der Waals surface area contributed by atoms with Gasteiger partial charge < -0.3 is 14.7 Å². The molecule has 2 aromatic rings. The number of nitrogens with zero attached hydrogens (tertiary/aromatic N) is 5. The molecule has 6 nitrogen and oxygen atoms in total. The van der Waals surface area contributed by atoms with Crippen LogP contribution in [0.2, 0.25) is 0 Å². The zero-order valence-electron chi connectivity index (χ0n) is 16.5. The van der Waals surface area contributed by atoms with E-state index in [1.165, 1.54) is 5.69 Å². The number of carbonyl (C=O) groups is 1. The lowest BCUT2D eigenvalue weighted by Crippen LogP contribution is -2.45. The van der Waals surface area contributed by atoms with Crippen molar-refractivity contribution >= 4 is 17.5 Å². The summed E-state index contributed by atoms with van der Waals surface area (Å²) < 4.78 is 0. The molecule has 1 unspecified atom stereocenters. The first-order valence-corrected chi connectivity index (χ1v) is 9.65. The number of rotatable bonds is 6. The van der Waals surface area contributed by atoms with Gasteiger partial charge in [0.15, 0.2) is 0 Å². The van der Waals surface area contributed by atoms with E-state index in [9.17, 15) is 4.79 Å². The number of amides is 1. The minimum Gasteiger partial charge on any atom is -0.378 e. The van der Waals surface area contributed by atoms with Crippen LogP contribution in [-0.4, -0.2) is 54.5 Å². The summed E-state index contributed by atoms with van der Waals surface area (Å²) in [6.07, 6.45) is 5.43. The van der Waals surface area contributed by atoms with Crippen molar-refractivity contribution in [1.82, 2.24) is 14.9 Å². The van der Waals surface area contributed by atoms with Crippen LogP contribution in [0.3, 0.4) is 0 Å². The summed E-state index contributed by atoms with van der Waals surface area (Å²) in [6.45, 7) is 5.02. The predicted molar refractivity (Wildman–Crippen MR) is 109 cm³/mol. The molecule has 1 amide bonds. The van der Waals surface area contributed by atoms with Crippen LogP contribution >= 0.6 is 0 Å². The molecular formula is C21H29N5O. The van der Waals surface area contributed by atoms with Crippen LogP contribution in [0.1, 0.15) is 25.3 Å². The Kier molecular flexibility index (Phi) is 6.27. The Morgan fingerprint density at radius 3 is 2.52 bits per heavy atom. The van der Waals surface area contributed by atoms with E-state index in [1.54, 1.807) is 12.4 Å². The molecule has 1 atom stereocenters. The van der Waals surface area contributed by atoms with Crippen LogP contribution in [-0.2, 0) is 11.3 Å². The van der Waals surface area contributed by atoms with Gasteiger partial charge in [-0.1, -0.05) is 12.1 Å². The molecule has 1 aliphatic heterocycles. The van der Waals surface area contributed by atoms with Crippen LogP contribution in [0, 0.1) is 5.92 Å². The number of benzene rings is 1. The van der Waals surface area contributed by atoms with Crippen molar-refractivity contribution in [3.63, 3.8) is 0 Å². The second kappa shape index (κ2) is 8.84. The van der Waals surface area contributed by atoms with Gasteiger partial charge in [0.2, 0.25) is 11.9 Å². The van der Waals surface area contributed by atoms with Crippen molar-refractivity contribution in [1.29, 1.82) is 0 Å². The van der Waals surface area contributed by atoms with Gasteiger partial charge in [-0.3, -0.25) is 4.79 Å². The maximum atomic E-state index is 13.1. The minimum atomic E-state index is 0.00329. The summed E-state index contributed by atoms with van der Waals surface area (Å²) >= 11 is 0. The van der Waals surface area contributed by atoms with Crippen molar-refractivity contribution < 1.29 is 4.79 Å². The molecule has 6 heteroatoms. The minimum absolute atomic E-state index is 0.00329. The molecular weight excluding hydrogens is 338 g/mol. The maximum absolute atomic E-state index is 13.1. The van der Waals surface area contributed by atoms with Gasteiger partial charge in [0.05, 0.1) is 5.92 Å². The van der Waals surface area contributed by atoms with Gasteiger partial charge in [0.25, 0.3) is 0 Å². The normalized spacial score (nSPS) is 16.9. The summed E-state index contributed by atoms with van der Waals surface area (Å²) in [4.78, 5) is 28.0. The molecule has 1 aromatic heterocycles. The number of hydrogen-bond acceptors (Lipinski definition) is 5. The standard InChI is InChI=1S/C21H29N5O/c1-4-25(15-17-8-10-19(11-9-17)24(2)3)20(27)18-7-5-14-26(16-18)21-22-12-6-13-23-21/h6,8-13,18H,4-5,7,14-16H2,1-3H3. The van der Waals surface area contributed by atoms with E-state index in [-0.39, 0.29) is 11.8 Å². The molecule has 1 saturated heterocycles. The average molecular weight is 367 g/mol. The highest BCUT2D eigenvalue weighted by atomic mass is 16.2. The molecule has 1 aliphatic rings. The number of piperidine rings is 1. The smallest absolute Gasteiger partial charge is 0.227 e. The van der Waals surface area contributed by atoms with Gasteiger partial charge in [0.1, 0.15) is 0 Å². The average Bonchev–Trinajstić information content (AvgIpc) is 2.72. The van der Waals surface area contributed by atoms with Crippen molar-refractivity contribution in [3.05, 3.63) is 48.3 Å². The van der Waals surface area contributed by atoms with Crippen molar-refractivity contribution in [3.8, 4) is 0 Å². The molecule has 2 heterocycles. The fourth-order valence-corrected chi connectivity index (χ4v) is 3.54. The number of anilines is 2. The fourth-order valence-electron chi connectivity index (χ4n) is 3.54. The molecule has 1 aromatic carbocycles. The molecule has 3 rings (SSSR count). The van der Waals surface area contributed by atoms with E-state index in [0.29, 0.717) is 19.6 Å². The van der Waals surface area contributed by atoms with E-state index in [1.807, 2.05) is 32.0 Å². The first kappa shape index (κ1) is 19.1. The summed E-state index contributed by atoms with van der Waals surface area (Å²) in [5.41, 5.74) is 2.33. The van der Waals surface area contributed by atoms with E-state index in [4.69, 9.17) is 0 Å². The lowest BCUT2D eigenvalue weighted by molar-refractivity contribution is -0.136. The van der Waals surface area contributed by atoms with Gasteiger partial charge in [0, 0.05) is 58.4 Å². The first-order valence-electron chi connectivity index (χ1n) is 9.65. The Morgan fingerprint density at radius 1 is 1.19 bits per heavy atom. The van der Waals surface area contributed by atoms with E-state index < -0.39 is 0 Å². The SMILES string of the molecule is CCN(Cc1ccc(N(C)C)cc1)C(=O)C1CCCN(c2ncccn2)C1. The fraction of sp³-hybridized carbons (Fsp3) is 0.476. The molecule has 0 bridgehead atoms. The van der Waals surface area contributed by atoms with Crippen LogP contribution in [0.25, 0.3) is 0 Å². The molecule has 144 valence electrons. The lowest BCUT2D eigenvalue weighted by atomic mass is 9.96. The monoisotopic (exact) mass is 367 g/mol. The third-order valence-electron chi connectivity index (χ3n) is 5.13. The van der Waals surface area contributed by atoms with E-state index >= 15 is 0 Å². The summed E-state index contributed by atoms with van der Waals surface area (Å²) in [5.74, 6) is 0.954. The Morgan fingerprint density at radius 2 is 1.89 bits per heavy atom. The topological polar surface area (TPSA) is 52.6 Å². The molecule has 27 heavy (non-hydrogen) atoms. The largest absolute Gasteiger partial charge is 0.378 e. The molecule has 0 radical (unpaired) electrons. The Balaban J connectivity index is 1.65. The summed E-state index contributed by atoms with van der Waals surface area (Å²) in [7, 11) is 4.06. The van der Waals surface area contributed by atoms with Gasteiger partial charge in [-0.25, -0.2) is 9.97 Å². The van der Waals surface area contributed by atoms with Gasteiger partial charge in [-0.2, -0.15) is 0 Å². The number of hydrogen-bond donors (Lipinski definition) is 0. The van der Waals surface area contributed by atoms with Crippen molar-refractivity contribution in [2.45, 2.75) is 26.3 Å². The molecule has 0 spiro atoms. The summed E-state index contributed by atoms with van der Waals surface area (Å²) in [6, 6.07) is 10.2. The molecule has 0 saturated carbocycles. The van der Waals surface area contributed by atoms with Gasteiger partial charge in [-0.05, 0) is 43.5 Å². The Labute approximate surface area is 161 Å². The third-order valence-corrected chi connectivity index (χ3v) is 5.13. The third kappa shape index (κ3) is 4.76. The number of aromatic nitrogens is 2. The second-order valence-electron chi connectivity index (χ2n) is 7.25. The van der Waals surface area contributed by atoms with Gasteiger partial charge >= 0.3 is 0 Å². The van der Waals surface area contributed by atoms with Crippen LogP contribution < -0.4 is 9.80 Å². The Bertz CT molecular complexity index is 732. The second-order valence-corrected chi connectivity index (χ2v) is 7.25. The van der Waals surface area contributed by atoms with E-state index in [2.05, 4.69) is 44.0 Å². The van der Waals surface area contributed by atoms with Crippen LogP contribution in [0.5, 0.6) is 0 Å². The zero-order chi connectivity index (χ0) is 19.2. The van der Waals surface area contributed by atoms with Crippen molar-refractivity contribution in [2.75, 3.05) is 43.5 Å². The van der Waals surface area contributed by atoms with Crippen LogP contribution in [0.15, 0.2) is 42.7 Å². The highest BCUT2D eigenvalue weighted by Crippen LogP contribution is 2.23. The maximum Gasteiger partial charge on any atom is 0.227 e. The highest BCUT2D eigenvalue weighted by molar-refractivity contribution is 5.79. The Hall–Kier alpha value is -2.63. The zero-order valence-corrected chi connectivity index (χ0v) is 16.5. The number of carbonyl (C=O) groups excluding carboxylic acids is 1. The highest BCUT2D eigenvalue weighted by Gasteiger charge is 2.29. The van der Waals surface area contributed by atoms with E-state index in [0.717, 1.165) is 30.9 Å². The quantitative estimate of drug-likeness (QED) is 0.786. The summed E-state index contributed by atoms with van der Waals surface area (Å²) in [5, 5.41) is 0. The van der Waals surface area contributed by atoms with Gasteiger partial charge in [-0.15, -0.1) is 0 Å². The molecule has 0 aliphatic carbocycles. The molecule has 0 N–H and O–H groups in total.